The quantitative estimate of drug-likeness (QED) is 0.0182. The topological polar surface area (TPSA) is 184 Å². The number of carboxylic acids is 1. The monoisotopic (exact) mass is 747 g/mol. The fourth-order valence-electron chi connectivity index (χ4n) is 5.66. The van der Waals surface area contributed by atoms with Gasteiger partial charge in [0.05, 0.1) is 25.4 Å². The Morgan fingerprint density at radius 3 is 1.84 bits per heavy atom. The summed E-state index contributed by atoms with van der Waals surface area (Å²) in [5.41, 5.74) is 5.32. The molecule has 1 rings (SSSR count). The highest BCUT2D eigenvalue weighted by atomic mass is 31.2. The van der Waals surface area contributed by atoms with Crippen LogP contribution in [-0.2, 0) is 42.2 Å². The van der Waals surface area contributed by atoms with Crippen LogP contribution in [0.1, 0.15) is 168 Å². The molecule has 0 aromatic rings. The summed E-state index contributed by atoms with van der Waals surface area (Å²) in [7, 11) is -4.71. The summed E-state index contributed by atoms with van der Waals surface area (Å²) in [6.45, 7) is 2.73. The standard InChI is InChI=1S/C38H70NO11P/c1-3-5-7-8-9-10-11-12-16-19-23-27-36(40)46-29-32(30-47-51(44,45)48-31-33(39)38(42)43)49-37(41)28-24-20-17-14-13-15-18-22-26-35-34(50-35)25-21-6-4-2/h18,22,32-35H,3-17,19-21,23-31,39H2,1-2H3,(H,42,43)(H,44,45)/b22-18-/t32-,33+,34?,35?/m1/s1. The molecule has 1 aliphatic rings. The molecule has 298 valence electrons. The fraction of sp³-hybridized carbons (Fsp3) is 0.868. The first kappa shape index (κ1) is 47.2. The van der Waals surface area contributed by atoms with Crippen molar-refractivity contribution in [1.82, 2.24) is 0 Å². The molecule has 0 aromatic carbocycles. The zero-order valence-corrected chi connectivity index (χ0v) is 32.5. The summed E-state index contributed by atoms with van der Waals surface area (Å²) in [5, 5.41) is 8.86. The number of unbranched alkanes of at least 4 members (excludes halogenated alkanes) is 17. The number of epoxide rings is 1. The van der Waals surface area contributed by atoms with Crippen LogP contribution < -0.4 is 5.73 Å². The molecule has 51 heavy (non-hydrogen) atoms. The molecule has 5 atom stereocenters. The molecule has 1 fully saturated rings. The molecule has 13 heteroatoms. The smallest absolute Gasteiger partial charge is 0.472 e. The maximum Gasteiger partial charge on any atom is 0.472 e. The van der Waals surface area contributed by atoms with E-state index >= 15 is 0 Å². The summed E-state index contributed by atoms with van der Waals surface area (Å²) in [6, 6.07) is -1.52. The second kappa shape index (κ2) is 30.6. The number of hydrogen-bond donors (Lipinski definition) is 3. The van der Waals surface area contributed by atoms with Crippen LogP contribution >= 0.6 is 7.82 Å². The van der Waals surface area contributed by atoms with Gasteiger partial charge in [-0.2, -0.15) is 0 Å². The Morgan fingerprint density at radius 1 is 0.706 bits per heavy atom. The molecule has 0 amide bonds. The highest BCUT2D eigenvalue weighted by Gasteiger charge is 2.36. The van der Waals surface area contributed by atoms with Gasteiger partial charge in [-0.05, 0) is 38.5 Å². The Kier molecular flexibility index (Phi) is 28.3. The van der Waals surface area contributed by atoms with Gasteiger partial charge in [0, 0.05) is 12.8 Å². The normalized spacial score (nSPS) is 18.0. The van der Waals surface area contributed by atoms with Crippen molar-refractivity contribution in [3.8, 4) is 0 Å². The molecule has 12 nitrogen and oxygen atoms in total. The van der Waals surface area contributed by atoms with Crippen LogP contribution in [0.3, 0.4) is 0 Å². The van der Waals surface area contributed by atoms with E-state index in [1.807, 2.05) is 0 Å². The van der Waals surface area contributed by atoms with Gasteiger partial charge < -0.3 is 29.9 Å². The van der Waals surface area contributed by atoms with Gasteiger partial charge >= 0.3 is 25.7 Å². The number of carbonyl (C=O) groups excluding carboxylic acids is 2. The van der Waals surface area contributed by atoms with Crippen molar-refractivity contribution in [2.24, 2.45) is 5.73 Å². The lowest BCUT2D eigenvalue weighted by atomic mass is 10.1. The van der Waals surface area contributed by atoms with E-state index < -0.39 is 51.1 Å². The third kappa shape index (κ3) is 28.4. The van der Waals surface area contributed by atoms with Crippen molar-refractivity contribution in [3.63, 3.8) is 0 Å². The second-order valence-corrected chi connectivity index (χ2v) is 15.3. The van der Waals surface area contributed by atoms with E-state index in [1.54, 1.807) is 0 Å². The minimum atomic E-state index is -4.71. The van der Waals surface area contributed by atoms with E-state index in [1.165, 1.54) is 70.6 Å². The minimum Gasteiger partial charge on any atom is -0.480 e. The van der Waals surface area contributed by atoms with Gasteiger partial charge in [-0.25, -0.2) is 4.57 Å². The van der Waals surface area contributed by atoms with Gasteiger partial charge in [0.1, 0.15) is 12.6 Å². The maximum absolute atomic E-state index is 12.6. The third-order valence-corrected chi connectivity index (χ3v) is 9.89. The van der Waals surface area contributed by atoms with Gasteiger partial charge in [0.2, 0.25) is 0 Å². The average molecular weight is 748 g/mol. The number of carbonyl (C=O) groups is 3. The molecule has 0 bridgehead atoms. The van der Waals surface area contributed by atoms with Crippen molar-refractivity contribution >= 4 is 25.7 Å². The molecule has 4 N–H and O–H groups in total. The molecule has 0 spiro atoms. The van der Waals surface area contributed by atoms with Gasteiger partial charge in [-0.15, -0.1) is 0 Å². The van der Waals surface area contributed by atoms with E-state index in [0.717, 1.165) is 57.8 Å². The first-order valence-corrected chi connectivity index (χ1v) is 21.3. The molecular weight excluding hydrogens is 677 g/mol. The molecular formula is C38H70NO11P. The first-order valence-electron chi connectivity index (χ1n) is 19.8. The Morgan fingerprint density at radius 2 is 1.24 bits per heavy atom. The maximum atomic E-state index is 12.6. The number of ether oxygens (including phenoxy) is 3. The minimum absolute atomic E-state index is 0.144. The zero-order valence-electron chi connectivity index (χ0n) is 31.6. The Hall–Kier alpha value is -1.82. The van der Waals surface area contributed by atoms with Crippen LogP contribution in [-0.4, -0.2) is 72.1 Å². The Labute approximate surface area is 307 Å². The number of phosphoric acid groups is 1. The highest BCUT2D eigenvalue weighted by Crippen LogP contribution is 2.43. The number of nitrogens with two attached hydrogens (primary N) is 1. The number of aliphatic carboxylic acids is 1. The van der Waals surface area contributed by atoms with Gasteiger partial charge in [0.25, 0.3) is 0 Å². The van der Waals surface area contributed by atoms with Crippen molar-refractivity contribution in [1.29, 1.82) is 0 Å². The molecule has 1 saturated heterocycles. The van der Waals surface area contributed by atoms with Crippen LogP contribution in [0, 0.1) is 0 Å². The number of allylic oxidation sites excluding steroid dienone is 1. The lowest BCUT2D eigenvalue weighted by molar-refractivity contribution is -0.161. The van der Waals surface area contributed by atoms with Gasteiger partial charge in [-0.3, -0.25) is 23.4 Å². The molecule has 0 aromatic heterocycles. The highest BCUT2D eigenvalue weighted by molar-refractivity contribution is 7.47. The van der Waals surface area contributed by atoms with Crippen LogP contribution in [0.2, 0.25) is 0 Å². The van der Waals surface area contributed by atoms with Crippen molar-refractivity contribution in [2.75, 3.05) is 19.8 Å². The molecule has 0 radical (unpaired) electrons. The number of hydrogen-bond acceptors (Lipinski definition) is 10. The van der Waals surface area contributed by atoms with E-state index in [4.69, 9.17) is 29.6 Å². The van der Waals surface area contributed by atoms with Crippen LogP contribution in [0.25, 0.3) is 0 Å². The SMILES string of the molecule is CCCCCCCCCCCCCC(=O)OC[C@H](COP(=O)(O)OC[C@H](N)C(=O)O)OC(=O)CCCCCCC/C=C\CC1OC1CCCCC. The van der Waals surface area contributed by atoms with Crippen molar-refractivity contribution in [3.05, 3.63) is 12.2 Å². The molecule has 1 heterocycles. The third-order valence-electron chi connectivity index (χ3n) is 8.94. The van der Waals surface area contributed by atoms with E-state index in [2.05, 4.69) is 30.5 Å². The lowest BCUT2D eigenvalue weighted by Gasteiger charge is -2.20. The summed E-state index contributed by atoms with van der Waals surface area (Å²) >= 11 is 0. The molecule has 0 saturated carbocycles. The molecule has 3 unspecified atom stereocenters. The number of phosphoric ester groups is 1. The van der Waals surface area contributed by atoms with Crippen LogP contribution in [0.15, 0.2) is 12.2 Å². The summed E-state index contributed by atoms with van der Waals surface area (Å²) in [6.07, 6.45) is 28.8. The predicted octanol–water partition coefficient (Wildman–Crippen LogP) is 8.71. The number of esters is 2. The second-order valence-electron chi connectivity index (χ2n) is 13.8. The average Bonchev–Trinajstić information content (AvgIpc) is 3.85. The van der Waals surface area contributed by atoms with Gasteiger partial charge in [-0.1, -0.05) is 129 Å². The predicted molar refractivity (Wildman–Crippen MR) is 198 cm³/mol. The largest absolute Gasteiger partial charge is 0.480 e. The zero-order chi connectivity index (χ0) is 37.6. The summed E-state index contributed by atoms with van der Waals surface area (Å²) in [5.74, 6) is -2.40. The summed E-state index contributed by atoms with van der Waals surface area (Å²) < 4.78 is 38.3. The first-order chi connectivity index (χ1) is 24.6. The molecule has 1 aliphatic heterocycles. The van der Waals surface area contributed by atoms with E-state index in [9.17, 15) is 23.8 Å². The number of rotatable bonds is 36. The van der Waals surface area contributed by atoms with Crippen molar-refractivity contribution in [2.45, 2.75) is 192 Å². The molecule has 0 aliphatic carbocycles. The lowest BCUT2D eigenvalue weighted by Crippen LogP contribution is -2.34. The van der Waals surface area contributed by atoms with E-state index in [-0.39, 0.29) is 19.4 Å². The fourth-order valence-corrected chi connectivity index (χ4v) is 6.44. The Bertz CT molecular complexity index is 995. The van der Waals surface area contributed by atoms with Gasteiger partial charge in [0.15, 0.2) is 6.10 Å². The Balaban J connectivity index is 2.31. The summed E-state index contributed by atoms with van der Waals surface area (Å²) in [4.78, 5) is 45.8. The van der Waals surface area contributed by atoms with Crippen LogP contribution in [0.4, 0.5) is 0 Å². The van der Waals surface area contributed by atoms with E-state index in [0.29, 0.717) is 25.0 Å². The number of carboxylic acid groups (broad SMARTS) is 1. The van der Waals surface area contributed by atoms with Crippen LogP contribution in [0.5, 0.6) is 0 Å². The van der Waals surface area contributed by atoms with Crippen molar-refractivity contribution < 1.29 is 52.2 Å².